The van der Waals surface area contributed by atoms with Crippen molar-refractivity contribution < 1.29 is 13.6 Å². The topological polar surface area (TPSA) is 46.3 Å². The lowest BCUT2D eigenvalue weighted by atomic mass is 9.99. The van der Waals surface area contributed by atoms with Gasteiger partial charge >= 0.3 is 0 Å². The maximum Gasteiger partial charge on any atom is 0.227 e. The van der Waals surface area contributed by atoms with E-state index in [1.165, 1.54) is 4.90 Å². The summed E-state index contributed by atoms with van der Waals surface area (Å²) in [5.74, 6) is -1.14. The first-order chi connectivity index (χ1) is 10.0. The number of fused-ring (bicyclic) bond motifs is 1. The van der Waals surface area contributed by atoms with E-state index in [2.05, 4.69) is 0 Å². The predicted octanol–water partition coefficient (Wildman–Crippen LogP) is 3.03. The number of anilines is 2. The molecule has 0 saturated heterocycles. The van der Waals surface area contributed by atoms with Crippen LogP contribution < -0.4 is 10.6 Å². The molecule has 2 aromatic rings. The largest absolute Gasteiger partial charge is 0.399 e. The molecule has 0 radical (unpaired) electrons. The monoisotopic (exact) mass is 288 g/mol. The van der Waals surface area contributed by atoms with E-state index >= 15 is 0 Å². The van der Waals surface area contributed by atoms with Crippen LogP contribution in [0.3, 0.4) is 0 Å². The molecule has 21 heavy (non-hydrogen) atoms. The molecule has 5 heteroatoms. The van der Waals surface area contributed by atoms with Crippen LogP contribution in [0, 0.1) is 11.6 Å². The summed E-state index contributed by atoms with van der Waals surface area (Å²) in [7, 11) is 0. The summed E-state index contributed by atoms with van der Waals surface area (Å²) in [5.41, 5.74) is 8.19. The number of hydrogen-bond acceptors (Lipinski definition) is 2. The van der Waals surface area contributed by atoms with Crippen molar-refractivity contribution in [2.24, 2.45) is 0 Å². The van der Waals surface area contributed by atoms with Crippen molar-refractivity contribution >= 4 is 17.3 Å². The molecule has 0 atom stereocenters. The zero-order chi connectivity index (χ0) is 15.0. The number of nitrogens with zero attached hydrogens (tertiary/aromatic N) is 1. The number of aryl methyl sites for hydroxylation is 1. The van der Waals surface area contributed by atoms with Gasteiger partial charge in [-0.1, -0.05) is 0 Å². The maximum absolute atomic E-state index is 13.8. The number of hydrogen-bond donors (Lipinski definition) is 1. The van der Waals surface area contributed by atoms with Gasteiger partial charge in [-0.15, -0.1) is 0 Å². The molecule has 1 amide bonds. The normalized spacial score (nSPS) is 14.2. The maximum atomic E-state index is 13.8. The Labute approximate surface area is 121 Å². The van der Waals surface area contributed by atoms with E-state index < -0.39 is 11.6 Å². The van der Waals surface area contributed by atoms with Crippen molar-refractivity contribution in [2.45, 2.75) is 19.4 Å². The molecule has 108 valence electrons. The lowest BCUT2D eigenvalue weighted by molar-refractivity contribution is -0.119. The molecule has 3 rings (SSSR count). The Balaban J connectivity index is 1.98. The zero-order valence-corrected chi connectivity index (χ0v) is 11.3. The molecule has 0 spiro atoms. The number of benzene rings is 2. The Kier molecular flexibility index (Phi) is 3.33. The second kappa shape index (κ2) is 5.16. The van der Waals surface area contributed by atoms with Crippen molar-refractivity contribution in [3.63, 3.8) is 0 Å². The van der Waals surface area contributed by atoms with Gasteiger partial charge in [-0.2, -0.15) is 0 Å². The molecule has 0 aromatic heterocycles. The second-order valence-corrected chi connectivity index (χ2v) is 5.10. The first-order valence-corrected chi connectivity index (χ1v) is 6.67. The smallest absolute Gasteiger partial charge is 0.227 e. The van der Waals surface area contributed by atoms with E-state index in [9.17, 15) is 13.6 Å². The summed E-state index contributed by atoms with van der Waals surface area (Å²) < 4.78 is 27.0. The van der Waals surface area contributed by atoms with Crippen molar-refractivity contribution in [1.29, 1.82) is 0 Å². The summed E-state index contributed by atoms with van der Waals surface area (Å²) in [6.07, 6.45) is 0.953. The fraction of sp³-hybridized carbons (Fsp3) is 0.188. The minimum atomic E-state index is -0.522. The highest BCUT2D eigenvalue weighted by molar-refractivity contribution is 5.96. The summed E-state index contributed by atoms with van der Waals surface area (Å²) in [4.78, 5) is 13.6. The molecule has 3 nitrogen and oxygen atoms in total. The standard InChI is InChI=1S/C16H14F2N2O/c17-12-2-4-14(18)11(7-12)9-20-15-5-3-13(19)8-10(15)1-6-16(20)21/h2-5,7-8H,1,6,9,19H2. The van der Waals surface area contributed by atoms with Gasteiger partial charge in [-0.3, -0.25) is 4.79 Å². The van der Waals surface area contributed by atoms with Crippen molar-refractivity contribution in [2.75, 3.05) is 10.6 Å². The van der Waals surface area contributed by atoms with Crippen molar-refractivity contribution in [3.8, 4) is 0 Å². The highest BCUT2D eigenvalue weighted by atomic mass is 19.1. The highest BCUT2D eigenvalue weighted by Gasteiger charge is 2.25. The van der Waals surface area contributed by atoms with Crippen LogP contribution in [0.25, 0.3) is 0 Å². The number of carbonyl (C=O) groups excluding carboxylic acids is 1. The van der Waals surface area contributed by atoms with Gasteiger partial charge in [0.05, 0.1) is 6.54 Å². The van der Waals surface area contributed by atoms with Gasteiger partial charge in [0.1, 0.15) is 11.6 Å². The van der Waals surface area contributed by atoms with Crippen LogP contribution in [0.1, 0.15) is 17.5 Å². The van der Waals surface area contributed by atoms with Crippen molar-refractivity contribution in [1.82, 2.24) is 0 Å². The third-order valence-corrected chi connectivity index (χ3v) is 3.64. The van der Waals surface area contributed by atoms with Crippen molar-refractivity contribution in [3.05, 3.63) is 59.2 Å². The SMILES string of the molecule is Nc1ccc2c(c1)CCC(=O)N2Cc1cc(F)ccc1F. The summed E-state index contributed by atoms with van der Waals surface area (Å²) in [5, 5.41) is 0. The van der Waals surface area contributed by atoms with Gasteiger partial charge in [-0.05, 0) is 48.4 Å². The van der Waals surface area contributed by atoms with Gasteiger partial charge in [0.15, 0.2) is 0 Å². The average Bonchev–Trinajstić information content (AvgIpc) is 2.45. The Morgan fingerprint density at radius 3 is 2.71 bits per heavy atom. The molecule has 0 saturated carbocycles. The number of halogens is 2. The number of nitrogen functional groups attached to an aromatic ring is 1. The van der Waals surface area contributed by atoms with Crippen LogP contribution in [-0.2, 0) is 17.8 Å². The predicted molar refractivity (Wildman–Crippen MR) is 76.7 cm³/mol. The molecule has 2 aromatic carbocycles. The first-order valence-electron chi connectivity index (χ1n) is 6.67. The van der Waals surface area contributed by atoms with Crippen LogP contribution in [0.15, 0.2) is 36.4 Å². The Bertz CT molecular complexity index is 715. The van der Waals surface area contributed by atoms with Gasteiger partial charge in [0.2, 0.25) is 5.91 Å². The number of rotatable bonds is 2. The molecule has 0 fully saturated rings. The quantitative estimate of drug-likeness (QED) is 0.863. The molecular formula is C16H14F2N2O. The van der Waals surface area contributed by atoms with Gasteiger partial charge in [0.25, 0.3) is 0 Å². The van der Waals surface area contributed by atoms with E-state index in [4.69, 9.17) is 5.73 Å². The zero-order valence-electron chi connectivity index (χ0n) is 11.3. The number of carbonyl (C=O) groups is 1. The van der Waals surface area contributed by atoms with E-state index in [0.29, 0.717) is 24.2 Å². The van der Waals surface area contributed by atoms with E-state index in [-0.39, 0.29) is 18.0 Å². The minimum absolute atomic E-state index is 0.0132. The third-order valence-electron chi connectivity index (χ3n) is 3.64. The fourth-order valence-corrected chi connectivity index (χ4v) is 2.59. The Hall–Kier alpha value is -2.43. The van der Waals surface area contributed by atoms with E-state index in [0.717, 1.165) is 23.8 Å². The number of nitrogens with two attached hydrogens (primary N) is 1. The van der Waals surface area contributed by atoms with Gasteiger partial charge < -0.3 is 10.6 Å². The third kappa shape index (κ3) is 2.59. The van der Waals surface area contributed by atoms with Crippen LogP contribution in [0.5, 0.6) is 0 Å². The summed E-state index contributed by atoms with van der Waals surface area (Å²) in [6, 6.07) is 8.52. The Morgan fingerprint density at radius 2 is 1.90 bits per heavy atom. The lowest BCUT2D eigenvalue weighted by Gasteiger charge is -2.29. The first kappa shape index (κ1) is 13.5. The van der Waals surface area contributed by atoms with Gasteiger partial charge in [0, 0.05) is 23.4 Å². The highest BCUT2D eigenvalue weighted by Crippen LogP contribution is 2.31. The van der Waals surface area contributed by atoms with Crippen LogP contribution in [0.2, 0.25) is 0 Å². The molecule has 2 N–H and O–H groups in total. The van der Waals surface area contributed by atoms with E-state index in [1.807, 2.05) is 6.07 Å². The molecule has 1 aliphatic heterocycles. The van der Waals surface area contributed by atoms with E-state index in [1.54, 1.807) is 12.1 Å². The van der Waals surface area contributed by atoms with Gasteiger partial charge in [-0.25, -0.2) is 8.78 Å². The summed E-state index contributed by atoms with van der Waals surface area (Å²) in [6.45, 7) is 0.0132. The minimum Gasteiger partial charge on any atom is -0.399 e. The second-order valence-electron chi connectivity index (χ2n) is 5.10. The lowest BCUT2D eigenvalue weighted by Crippen LogP contribution is -2.34. The van der Waals surface area contributed by atoms with Crippen LogP contribution in [-0.4, -0.2) is 5.91 Å². The molecule has 0 bridgehead atoms. The van der Waals surface area contributed by atoms with Crippen LogP contribution in [0.4, 0.5) is 20.2 Å². The molecule has 0 unspecified atom stereocenters. The molecule has 1 aliphatic rings. The Morgan fingerprint density at radius 1 is 1.10 bits per heavy atom. The molecule has 0 aliphatic carbocycles. The molecule has 1 heterocycles. The summed E-state index contributed by atoms with van der Waals surface area (Å²) >= 11 is 0. The molecular weight excluding hydrogens is 274 g/mol. The number of amides is 1. The fourth-order valence-electron chi connectivity index (χ4n) is 2.59. The average molecular weight is 288 g/mol. The van der Waals surface area contributed by atoms with Crippen LogP contribution >= 0.6 is 0 Å².